The van der Waals surface area contributed by atoms with Crippen molar-refractivity contribution in [3.8, 4) is 11.3 Å². The van der Waals surface area contributed by atoms with E-state index in [0.717, 1.165) is 23.0 Å². The highest BCUT2D eigenvalue weighted by Gasteiger charge is 2.21. The number of sulfonamides is 1. The van der Waals surface area contributed by atoms with Crippen molar-refractivity contribution < 1.29 is 17.2 Å². The van der Waals surface area contributed by atoms with Crippen LogP contribution in [-0.2, 0) is 10.0 Å². The molecule has 0 radical (unpaired) electrons. The van der Waals surface area contributed by atoms with Gasteiger partial charge in [0.25, 0.3) is 10.0 Å². The number of nitrogens with one attached hydrogen (secondary N) is 1. The Morgan fingerprint density at radius 1 is 0.821 bits per heavy atom. The van der Waals surface area contributed by atoms with Crippen LogP contribution in [0.25, 0.3) is 22.2 Å². The highest BCUT2D eigenvalue weighted by Crippen LogP contribution is 2.30. The Kier molecular flexibility index (Phi) is 4.52. The molecule has 4 aromatic rings. The van der Waals surface area contributed by atoms with E-state index in [0.29, 0.717) is 17.3 Å². The predicted molar refractivity (Wildman–Crippen MR) is 104 cm³/mol. The SMILES string of the molecule is O=S(=O)(Nc1ccccc1-c1ccc2ccccc2n1)c1ccc(F)cc1F. The summed E-state index contributed by atoms with van der Waals surface area (Å²) in [6, 6.07) is 20.2. The first-order valence-electron chi connectivity index (χ1n) is 8.37. The topological polar surface area (TPSA) is 59.1 Å². The lowest BCUT2D eigenvalue weighted by atomic mass is 10.1. The molecule has 1 N–H and O–H groups in total. The van der Waals surface area contributed by atoms with E-state index < -0.39 is 26.6 Å². The van der Waals surface area contributed by atoms with Crippen LogP contribution in [0.5, 0.6) is 0 Å². The fraction of sp³-hybridized carbons (Fsp3) is 0. The van der Waals surface area contributed by atoms with Crippen LogP contribution in [0.15, 0.2) is 83.8 Å². The fourth-order valence-electron chi connectivity index (χ4n) is 2.90. The molecule has 0 atom stereocenters. The Morgan fingerprint density at radius 3 is 2.39 bits per heavy atom. The number of halogens is 2. The molecule has 0 aliphatic rings. The fourth-order valence-corrected chi connectivity index (χ4v) is 4.04. The summed E-state index contributed by atoms with van der Waals surface area (Å²) >= 11 is 0. The van der Waals surface area contributed by atoms with E-state index in [1.807, 2.05) is 30.3 Å². The summed E-state index contributed by atoms with van der Waals surface area (Å²) in [4.78, 5) is 3.95. The molecule has 28 heavy (non-hydrogen) atoms. The number of rotatable bonds is 4. The van der Waals surface area contributed by atoms with E-state index in [4.69, 9.17) is 0 Å². The first-order valence-corrected chi connectivity index (χ1v) is 9.85. The number of hydrogen-bond acceptors (Lipinski definition) is 3. The van der Waals surface area contributed by atoms with Gasteiger partial charge in [-0.25, -0.2) is 22.2 Å². The molecule has 1 aromatic heterocycles. The van der Waals surface area contributed by atoms with Crippen molar-refractivity contribution in [3.05, 3.63) is 90.5 Å². The number of aromatic nitrogens is 1. The molecule has 0 fully saturated rings. The monoisotopic (exact) mass is 396 g/mol. The first-order chi connectivity index (χ1) is 13.4. The van der Waals surface area contributed by atoms with Gasteiger partial charge in [-0.15, -0.1) is 0 Å². The molecule has 3 aromatic carbocycles. The summed E-state index contributed by atoms with van der Waals surface area (Å²) in [5.74, 6) is -2.01. The average molecular weight is 396 g/mol. The molecule has 7 heteroatoms. The number of nitrogens with zero attached hydrogens (tertiary/aromatic N) is 1. The normalized spacial score (nSPS) is 11.5. The zero-order valence-electron chi connectivity index (χ0n) is 14.4. The van der Waals surface area contributed by atoms with Gasteiger partial charge in [-0.05, 0) is 30.3 Å². The molecule has 0 bridgehead atoms. The molecule has 140 valence electrons. The standard InChI is InChI=1S/C21H14F2N2O2S/c22-15-10-12-21(17(23)13-15)28(26,27)25-20-8-4-2-6-16(20)19-11-9-14-5-1-3-7-18(14)24-19/h1-13,25H. The second-order valence-corrected chi connectivity index (χ2v) is 7.77. The largest absolute Gasteiger partial charge is 0.279 e. The van der Waals surface area contributed by atoms with Crippen molar-refractivity contribution >= 4 is 26.6 Å². The summed E-state index contributed by atoms with van der Waals surface area (Å²) in [6.07, 6.45) is 0. The van der Waals surface area contributed by atoms with Gasteiger partial charge in [-0.2, -0.15) is 0 Å². The van der Waals surface area contributed by atoms with Crippen LogP contribution in [-0.4, -0.2) is 13.4 Å². The van der Waals surface area contributed by atoms with Gasteiger partial charge < -0.3 is 0 Å². The van der Waals surface area contributed by atoms with Crippen molar-refractivity contribution in [1.82, 2.24) is 4.98 Å². The lowest BCUT2D eigenvalue weighted by Gasteiger charge is -2.13. The maximum Gasteiger partial charge on any atom is 0.264 e. The Bertz CT molecular complexity index is 1290. The molecular weight excluding hydrogens is 382 g/mol. The van der Waals surface area contributed by atoms with Gasteiger partial charge >= 0.3 is 0 Å². The van der Waals surface area contributed by atoms with Crippen LogP contribution in [0.4, 0.5) is 14.5 Å². The van der Waals surface area contributed by atoms with E-state index in [1.165, 1.54) is 0 Å². The zero-order valence-corrected chi connectivity index (χ0v) is 15.2. The number of para-hydroxylation sites is 2. The maximum absolute atomic E-state index is 14.0. The minimum absolute atomic E-state index is 0.244. The van der Waals surface area contributed by atoms with Crippen molar-refractivity contribution in [2.24, 2.45) is 0 Å². The van der Waals surface area contributed by atoms with Crippen molar-refractivity contribution in [2.45, 2.75) is 4.90 Å². The van der Waals surface area contributed by atoms with Gasteiger partial charge in [0.15, 0.2) is 0 Å². The highest BCUT2D eigenvalue weighted by atomic mass is 32.2. The van der Waals surface area contributed by atoms with Gasteiger partial charge in [0, 0.05) is 17.0 Å². The summed E-state index contributed by atoms with van der Waals surface area (Å²) in [5, 5.41) is 0.956. The molecule has 0 spiro atoms. The molecule has 0 aliphatic carbocycles. The third kappa shape index (κ3) is 3.44. The second kappa shape index (κ2) is 7.01. The number of hydrogen-bond donors (Lipinski definition) is 1. The summed E-state index contributed by atoms with van der Waals surface area (Å²) < 4.78 is 54.7. The van der Waals surface area contributed by atoms with E-state index >= 15 is 0 Å². The number of pyridine rings is 1. The van der Waals surface area contributed by atoms with Crippen molar-refractivity contribution in [3.63, 3.8) is 0 Å². The molecule has 0 aliphatic heterocycles. The minimum Gasteiger partial charge on any atom is -0.279 e. The van der Waals surface area contributed by atoms with Gasteiger partial charge in [-0.1, -0.05) is 42.5 Å². The zero-order chi connectivity index (χ0) is 19.7. The summed E-state index contributed by atoms with van der Waals surface area (Å²) in [6.45, 7) is 0. The summed E-state index contributed by atoms with van der Waals surface area (Å²) in [7, 11) is -4.25. The minimum atomic E-state index is -4.25. The Morgan fingerprint density at radius 2 is 1.57 bits per heavy atom. The number of anilines is 1. The molecule has 4 rings (SSSR count). The van der Waals surface area contributed by atoms with Gasteiger partial charge in [-0.3, -0.25) is 4.72 Å². The molecule has 0 saturated carbocycles. The van der Waals surface area contributed by atoms with Crippen LogP contribution in [0, 0.1) is 11.6 Å². The predicted octanol–water partition coefficient (Wildman–Crippen LogP) is 4.98. The quantitative estimate of drug-likeness (QED) is 0.529. The third-order valence-electron chi connectivity index (χ3n) is 4.23. The average Bonchev–Trinajstić information content (AvgIpc) is 2.67. The van der Waals surface area contributed by atoms with Crippen LogP contribution in [0.3, 0.4) is 0 Å². The molecule has 0 amide bonds. The first kappa shape index (κ1) is 18.1. The van der Waals surface area contributed by atoms with Gasteiger partial charge in [0.1, 0.15) is 16.5 Å². The smallest absolute Gasteiger partial charge is 0.264 e. The van der Waals surface area contributed by atoms with Crippen LogP contribution in [0.2, 0.25) is 0 Å². The second-order valence-electron chi connectivity index (χ2n) is 6.12. The van der Waals surface area contributed by atoms with Crippen LogP contribution < -0.4 is 4.72 Å². The van der Waals surface area contributed by atoms with Gasteiger partial charge in [0.05, 0.1) is 16.9 Å². The number of benzene rings is 3. The van der Waals surface area contributed by atoms with Crippen molar-refractivity contribution in [2.75, 3.05) is 4.72 Å². The highest BCUT2D eigenvalue weighted by molar-refractivity contribution is 7.92. The van der Waals surface area contributed by atoms with E-state index in [2.05, 4.69) is 9.71 Å². The third-order valence-corrected chi connectivity index (χ3v) is 5.63. The molecule has 0 saturated heterocycles. The lowest BCUT2D eigenvalue weighted by molar-refractivity contribution is 0.551. The number of fused-ring (bicyclic) bond motifs is 1. The van der Waals surface area contributed by atoms with Crippen molar-refractivity contribution in [1.29, 1.82) is 0 Å². The van der Waals surface area contributed by atoms with E-state index in [-0.39, 0.29) is 5.69 Å². The maximum atomic E-state index is 14.0. The van der Waals surface area contributed by atoms with E-state index in [1.54, 1.807) is 30.3 Å². The molecular formula is C21H14F2N2O2S. The Balaban J connectivity index is 1.77. The molecule has 4 nitrogen and oxygen atoms in total. The van der Waals surface area contributed by atoms with E-state index in [9.17, 15) is 17.2 Å². The van der Waals surface area contributed by atoms with Crippen LogP contribution in [0.1, 0.15) is 0 Å². The summed E-state index contributed by atoms with van der Waals surface area (Å²) in [5.41, 5.74) is 2.12. The van der Waals surface area contributed by atoms with Gasteiger partial charge in [0.2, 0.25) is 0 Å². The lowest BCUT2D eigenvalue weighted by Crippen LogP contribution is -2.15. The van der Waals surface area contributed by atoms with Crippen LogP contribution >= 0.6 is 0 Å². The Hall–Kier alpha value is -3.32. The molecule has 0 unspecified atom stereocenters. The Labute approximate surface area is 160 Å². The molecule has 1 heterocycles.